The Morgan fingerprint density at radius 3 is 2.57 bits per heavy atom. The van der Waals surface area contributed by atoms with E-state index in [9.17, 15) is 9.59 Å². The second-order valence-corrected chi connectivity index (χ2v) is 7.12. The number of nitrogens with one attached hydrogen (secondary N) is 2. The van der Waals surface area contributed by atoms with E-state index < -0.39 is 0 Å². The highest BCUT2D eigenvalue weighted by Crippen LogP contribution is 2.24. The van der Waals surface area contributed by atoms with Crippen LogP contribution in [0.3, 0.4) is 0 Å². The van der Waals surface area contributed by atoms with Crippen LogP contribution < -0.4 is 15.5 Å². The number of nitrogens with zero attached hydrogens (tertiary/aromatic N) is 1. The van der Waals surface area contributed by atoms with Crippen LogP contribution in [0.15, 0.2) is 61.2 Å². The maximum absolute atomic E-state index is 12.5. The van der Waals surface area contributed by atoms with E-state index in [4.69, 9.17) is 0 Å². The van der Waals surface area contributed by atoms with Crippen molar-refractivity contribution in [2.75, 3.05) is 24.5 Å². The smallest absolute Gasteiger partial charge is 0.253 e. The topological polar surface area (TPSA) is 61.4 Å². The van der Waals surface area contributed by atoms with E-state index in [1.54, 1.807) is 6.08 Å². The Balaban J connectivity index is 1.60. The van der Waals surface area contributed by atoms with Crippen molar-refractivity contribution in [3.8, 4) is 0 Å². The van der Waals surface area contributed by atoms with Crippen molar-refractivity contribution in [1.82, 2.24) is 10.6 Å². The molecule has 2 amide bonds. The predicted molar refractivity (Wildman–Crippen MR) is 113 cm³/mol. The van der Waals surface area contributed by atoms with Gasteiger partial charge in [-0.3, -0.25) is 9.59 Å². The standard InChI is InChI=1S/C23H27N3O2/c1-3-13-24-23(28)20-9-4-5-10-21(20)26-14-11-19(12-15-26)25-22(27)18-8-6-7-17(2)16-18/h3-10,16,19H,1,11-15H2,2H3,(H,24,28)(H,25,27). The maximum Gasteiger partial charge on any atom is 0.253 e. The number of amides is 2. The molecule has 0 aliphatic carbocycles. The number of hydrogen-bond acceptors (Lipinski definition) is 3. The highest BCUT2D eigenvalue weighted by molar-refractivity contribution is 6.00. The van der Waals surface area contributed by atoms with Gasteiger partial charge < -0.3 is 15.5 Å². The molecule has 2 aromatic rings. The fourth-order valence-corrected chi connectivity index (χ4v) is 3.52. The van der Waals surface area contributed by atoms with Gasteiger partial charge in [-0.2, -0.15) is 0 Å². The molecule has 0 bridgehead atoms. The molecule has 1 fully saturated rings. The van der Waals surface area contributed by atoms with Crippen molar-refractivity contribution in [3.63, 3.8) is 0 Å². The summed E-state index contributed by atoms with van der Waals surface area (Å²) in [6, 6.07) is 15.4. The van der Waals surface area contributed by atoms with E-state index in [0.717, 1.165) is 37.2 Å². The van der Waals surface area contributed by atoms with Gasteiger partial charge in [-0.25, -0.2) is 0 Å². The maximum atomic E-state index is 12.5. The molecule has 1 saturated heterocycles. The van der Waals surface area contributed by atoms with Crippen LogP contribution >= 0.6 is 0 Å². The van der Waals surface area contributed by atoms with Gasteiger partial charge in [0.15, 0.2) is 0 Å². The molecule has 0 unspecified atom stereocenters. The molecule has 2 aromatic carbocycles. The van der Waals surface area contributed by atoms with Crippen molar-refractivity contribution < 1.29 is 9.59 Å². The summed E-state index contributed by atoms with van der Waals surface area (Å²) in [7, 11) is 0. The van der Waals surface area contributed by atoms with Crippen molar-refractivity contribution in [3.05, 3.63) is 77.9 Å². The Bertz CT molecular complexity index is 854. The number of aryl methyl sites for hydroxylation is 1. The van der Waals surface area contributed by atoms with Crippen LogP contribution in [-0.2, 0) is 0 Å². The molecule has 0 radical (unpaired) electrons. The zero-order valence-electron chi connectivity index (χ0n) is 16.3. The summed E-state index contributed by atoms with van der Waals surface area (Å²) in [5.41, 5.74) is 3.39. The molecular formula is C23H27N3O2. The van der Waals surface area contributed by atoms with Gasteiger partial charge in [0.1, 0.15) is 0 Å². The number of rotatable bonds is 6. The normalized spacial score (nSPS) is 14.4. The SMILES string of the molecule is C=CCNC(=O)c1ccccc1N1CCC(NC(=O)c2cccc(C)c2)CC1. The number of anilines is 1. The molecule has 0 saturated carbocycles. The third kappa shape index (κ3) is 4.80. The van der Waals surface area contributed by atoms with Crippen molar-refractivity contribution in [2.45, 2.75) is 25.8 Å². The Labute approximate surface area is 166 Å². The van der Waals surface area contributed by atoms with Gasteiger partial charge in [-0.05, 0) is 44.0 Å². The summed E-state index contributed by atoms with van der Waals surface area (Å²) in [6.45, 7) is 7.66. The third-order valence-electron chi connectivity index (χ3n) is 5.01. The number of piperidine rings is 1. The number of hydrogen-bond donors (Lipinski definition) is 2. The zero-order chi connectivity index (χ0) is 19.9. The number of benzene rings is 2. The molecule has 28 heavy (non-hydrogen) atoms. The molecule has 2 N–H and O–H groups in total. The minimum atomic E-state index is -0.0922. The second kappa shape index (κ2) is 9.22. The molecule has 1 aliphatic heterocycles. The first kappa shape index (κ1) is 19.7. The monoisotopic (exact) mass is 377 g/mol. The quantitative estimate of drug-likeness (QED) is 0.760. The van der Waals surface area contributed by atoms with Crippen molar-refractivity contribution in [1.29, 1.82) is 0 Å². The molecular weight excluding hydrogens is 350 g/mol. The van der Waals surface area contributed by atoms with Gasteiger partial charge in [0.2, 0.25) is 0 Å². The molecule has 1 aliphatic rings. The summed E-state index contributed by atoms with van der Waals surface area (Å²) >= 11 is 0. The lowest BCUT2D eigenvalue weighted by Crippen LogP contribution is -2.45. The molecule has 0 atom stereocenters. The van der Waals surface area contributed by atoms with Crippen LogP contribution in [0.2, 0.25) is 0 Å². The Morgan fingerprint density at radius 2 is 1.86 bits per heavy atom. The average Bonchev–Trinajstić information content (AvgIpc) is 2.72. The summed E-state index contributed by atoms with van der Waals surface area (Å²) in [4.78, 5) is 27.1. The molecule has 0 aromatic heterocycles. The fourth-order valence-electron chi connectivity index (χ4n) is 3.52. The first-order valence-electron chi connectivity index (χ1n) is 9.69. The lowest BCUT2D eigenvalue weighted by Gasteiger charge is -2.35. The third-order valence-corrected chi connectivity index (χ3v) is 5.01. The average molecular weight is 377 g/mol. The second-order valence-electron chi connectivity index (χ2n) is 7.12. The van der Waals surface area contributed by atoms with Gasteiger partial charge in [-0.1, -0.05) is 35.9 Å². The van der Waals surface area contributed by atoms with E-state index in [-0.39, 0.29) is 17.9 Å². The first-order valence-corrected chi connectivity index (χ1v) is 9.69. The molecule has 0 spiro atoms. The lowest BCUT2D eigenvalue weighted by molar-refractivity contribution is 0.0929. The van der Waals surface area contributed by atoms with E-state index >= 15 is 0 Å². The Morgan fingerprint density at radius 1 is 1.11 bits per heavy atom. The molecule has 5 nitrogen and oxygen atoms in total. The number of carbonyl (C=O) groups is 2. The lowest BCUT2D eigenvalue weighted by atomic mass is 10.0. The van der Waals surface area contributed by atoms with Gasteiger partial charge >= 0.3 is 0 Å². The predicted octanol–water partition coefficient (Wildman–Crippen LogP) is 3.31. The van der Waals surface area contributed by atoms with Crippen LogP contribution in [0.1, 0.15) is 39.1 Å². The molecule has 146 valence electrons. The molecule has 5 heteroatoms. The summed E-state index contributed by atoms with van der Waals surface area (Å²) < 4.78 is 0. The summed E-state index contributed by atoms with van der Waals surface area (Å²) in [6.07, 6.45) is 3.36. The first-order chi connectivity index (χ1) is 13.6. The highest BCUT2D eigenvalue weighted by Gasteiger charge is 2.24. The number of carbonyl (C=O) groups excluding carboxylic acids is 2. The fraction of sp³-hybridized carbons (Fsp3) is 0.304. The van der Waals surface area contributed by atoms with Crippen LogP contribution in [0.5, 0.6) is 0 Å². The molecule has 3 rings (SSSR count). The van der Waals surface area contributed by atoms with Gasteiger partial charge in [-0.15, -0.1) is 6.58 Å². The highest BCUT2D eigenvalue weighted by atomic mass is 16.2. The summed E-state index contributed by atoms with van der Waals surface area (Å²) in [5, 5.41) is 5.99. The van der Waals surface area contributed by atoms with E-state index in [0.29, 0.717) is 17.7 Å². The Kier molecular flexibility index (Phi) is 6.48. The van der Waals surface area contributed by atoms with Crippen LogP contribution in [0, 0.1) is 6.92 Å². The van der Waals surface area contributed by atoms with Crippen molar-refractivity contribution in [2.24, 2.45) is 0 Å². The van der Waals surface area contributed by atoms with Crippen LogP contribution in [0.25, 0.3) is 0 Å². The van der Waals surface area contributed by atoms with Gasteiger partial charge in [0.25, 0.3) is 11.8 Å². The minimum absolute atomic E-state index is 0.0219. The van der Waals surface area contributed by atoms with E-state index in [1.165, 1.54) is 0 Å². The van der Waals surface area contributed by atoms with Gasteiger partial charge in [0, 0.05) is 36.9 Å². The zero-order valence-corrected chi connectivity index (χ0v) is 16.3. The van der Waals surface area contributed by atoms with Crippen molar-refractivity contribution >= 4 is 17.5 Å². The largest absolute Gasteiger partial charge is 0.371 e. The van der Waals surface area contributed by atoms with Crippen LogP contribution in [0.4, 0.5) is 5.69 Å². The molecule has 1 heterocycles. The van der Waals surface area contributed by atoms with Crippen LogP contribution in [-0.4, -0.2) is 37.5 Å². The summed E-state index contributed by atoms with van der Waals surface area (Å²) in [5.74, 6) is -0.114. The minimum Gasteiger partial charge on any atom is -0.371 e. The Hall–Kier alpha value is -3.08. The number of para-hydroxylation sites is 1. The van der Waals surface area contributed by atoms with E-state index in [1.807, 2.05) is 55.5 Å². The van der Waals surface area contributed by atoms with Gasteiger partial charge in [0.05, 0.1) is 5.56 Å². The van der Waals surface area contributed by atoms with E-state index in [2.05, 4.69) is 22.1 Å².